The van der Waals surface area contributed by atoms with Crippen LogP contribution in [-0.4, -0.2) is 46.5 Å². The minimum absolute atomic E-state index is 0.388. The number of nitrogens with zero attached hydrogens (tertiary/aromatic N) is 1. The van der Waals surface area contributed by atoms with E-state index in [1.165, 1.54) is 11.3 Å². The Balaban J connectivity index is 2.54. The van der Waals surface area contributed by atoms with Gasteiger partial charge in [0, 0.05) is 19.6 Å². The molecule has 19 heavy (non-hydrogen) atoms. The number of thiophene rings is 1. The van der Waals surface area contributed by atoms with E-state index in [0.717, 1.165) is 18.7 Å². The standard InChI is InChI=1S/C12H23N3O2S2/c1-4-13-9-11-8-12(18-10-11)19(16,17)14-6-7-15(3)5-2/h8,10,13-14H,4-7,9H2,1-3H3. The third-order valence-corrected chi connectivity index (χ3v) is 5.75. The van der Waals surface area contributed by atoms with E-state index in [-0.39, 0.29) is 0 Å². The summed E-state index contributed by atoms with van der Waals surface area (Å²) in [6, 6.07) is 1.74. The molecule has 1 aromatic rings. The molecule has 0 fully saturated rings. The van der Waals surface area contributed by atoms with Gasteiger partial charge < -0.3 is 10.2 Å². The number of hydrogen-bond acceptors (Lipinski definition) is 5. The van der Waals surface area contributed by atoms with E-state index in [9.17, 15) is 8.42 Å². The van der Waals surface area contributed by atoms with Gasteiger partial charge in [0.25, 0.3) is 0 Å². The molecule has 0 radical (unpaired) electrons. The molecular weight excluding hydrogens is 282 g/mol. The molecule has 7 heteroatoms. The SMILES string of the molecule is CCNCc1csc(S(=O)(=O)NCCN(C)CC)c1. The van der Waals surface area contributed by atoms with Crippen LogP contribution in [0.3, 0.4) is 0 Å². The van der Waals surface area contributed by atoms with Gasteiger partial charge in [-0.25, -0.2) is 13.1 Å². The lowest BCUT2D eigenvalue weighted by Gasteiger charge is -2.13. The van der Waals surface area contributed by atoms with Crippen molar-refractivity contribution in [2.45, 2.75) is 24.6 Å². The van der Waals surface area contributed by atoms with Gasteiger partial charge in [-0.15, -0.1) is 11.3 Å². The summed E-state index contributed by atoms with van der Waals surface area (Å²) in [6.45, 7) is 7.71. The van der Waals surface area contributed by atoms with Crippen LogP contribution >= 0.6 is 11.3 Å². The van der Waals surface area contributed by atoms with Gasteiger partial charge in [0.1, 0.15) is 4.21 Å². The number of likely N-dealkylation sites (N-methyl/N-ethyl adjacent to an activating group) is 1. The molecule has 0 unspecified atom stereocenters. The fourth-order valence-electron chi connectivity index (χ4n) is 1.46. The smallest absolute Gasteiger partial charge is 0.250 e. The Morgan fingerprint density at radius 1 is 1.37 bits per heavy atom. The van der Waals surface area contributed by atoms with Crippen LogP contribution in [-0.2, 0) is 16.6 Å². The highest BCUT2D eigenvalue weighted by atomic mass is 32.2. The minimum Gasteiger partial charge on any atom is -0.313 e. The lowest BCUT2D eigenvalue weighted by Crippen LogP contribution is -2.32. The monoisotopic (exact) mass is 305 g/mol. The molecule has 0 aliphatic heterocycles. The Bertz CT molecular complexity index is 471. The van der Waals surface area contributed by atoms with Crippen molar-refractivity contribution < 1.29 is 8.42 Å². The quantitative estimate of drug-likeness (QED) is 0.717. The number of nitrogens with one attached hydrogen (secondary N) is 2. The Morgan fingerprint density at radius 3 is 2.74 bits per heavy atom. The predicted octanol–water partition coefficient (Wildman–Crippen LogP) is 1.09. The van der Waals surface area contributed by atoms with E-state index in [0.29, 0.717) is 23.8 Å². The fraction of sp³-hybridized carbons (Fsp3) is 0.667. The maximum absolute atomic E-state index is 12.0. The third kappa shape index (κ3) is 5.58. The molecule has 0 atom stereocenters. The van der Waals surface area contributed by atoms with Gasteiger partial charge in [0.15, 0.2) is 0 Å². The van der Waals surface area contributed by atoms with E-state index in [1.54, 1.807) is 6.07 Å². The third-order valence-electron chi connectivity index (χ3n) is 2.80. The predicted molar refractivity (Wildman–Crippen MR) is 80.1 cm³/mol. The molecule has 5 nitrogen and oxygen atoms in total. The van der Waals surface area contributed by atoms with E-state index in [2.05, 4.69) is 14.9 Å². The van der Waals surface area contributed by atoms with Gasteiger partial charge >= 0.3 is 0 Å². The summed E-state index contributed by atoms with van der Waals surface area (Å²) in [7, 11) is -1.39. The first kappa shape index (κ1) is 16.6. The lowest BCUT2D eigenvalue weighted by atomic mass is 10.3. The van der Waals surface area contributed by atoms with E-state index < -0.39 is 10.0 Å². The summed E-state index contributed by atoms with van der Waals surface area (Å²) in [5.41, 5.74) is 1.01. The minimum atomic E-state index is -3.35. The van der Waals surface area contributed by atoms with Crippen LogP contribution in [0.5, 0.6) is 0 Å². The largest absolute Gasteiger partial charge is 0.313 e. The van der Waals surface area contributed by atoms with Crippen molar-refractivity contribution in [2.75, 3.05) is 33.2 Å². The summed E-state index contributed by atoms with van der Waals surface area (Å²) in [5.74, 6) is 0. The molecule has 110 valence electrons. The van der Waals surface area contributed by atoms with Crippen molar-refractivity contribution in [3.8, 4) is 0 Å². The Labute approximate surface area is 120 Å². The zero-order chi connectivity index (χ0) is 14.3. The second kappa shape index (κ2) is 7.96. The topological polar surface area (TPSA) is 61.4 Å². The Kier molecular flexibility index (Phi) is 6.95. The van der Waals surface area contributed by atoms with Crippen LogP contribution in [0.2, 0.25) is 0 Å². The molecule has 0 amide bonds. The molecule has 0 aliphatic rings. The highest BCUT2D eigenvalue weighted by Gasteiger charge is 2.16. The molecule has 1 heterocycles. The van der Waals surface area contributed by atoms with E-state index in [1.807, 2.05) is 26.3 Å². The highest BCUT2D eigenvalue weighted by Crippen LogP contribution is 2.19. The Morgan fingerprint density at radius 2 is 2.11 bits per heavy atom. The summed E-state index contributed by atoms with van der Waals surface area (Å²) in [4.78, 5) is 2.06. The average Bonchev–Trinajstić information content (AvgIpc) is 2.85. The number of hydrogen-bond donors (Lipinski definition) is 2. The van der Waals surface area contributed by atoms with E-state index in [4.69, 9.17) is 0 Å². The van der Waals surface area contributed by atoms with Crippen LogP contribution in [0.4, 0.5) is 0 Å². The summed E-state index contributed by atoms with van der Waals surface area (Å²) in [5, 5.41) is 5.06. The summed E-state index contributed by atoms with van der Waals surface area (Å²) in [6.07, 6.45) is 0. The Hall–Kier alpha value is -0.470. The van der Waals surface area contributed by atoms with Crippen molar-refractivity contribution >= 4 is 21.4 Å². The molecule has 0 aliphatic carbocycles. The second-order valence-electron chi connectivity index (χ2n) is 4.35. The maximum Gasteiger partial charge on any atom is 0.250 e. The molecule has 0 saturated carbocycles. The fourth-order valence-corrected chi connectivity index (χ4v) is 3.73. The van der Waals surface area contributed by atoms with Gasteiger partial charge in [0.05, 0.1) is 0 Å². The first-order valence-corrected chi connectivity index (χ1v) is 8.82. The second-order valence-corrected chi connectivity index (χ2v) is 7.25. The van der Waals surface area contributed by atoms with Crippen molar-refractivity contribution in [3.05, 3.63) is 17.0 Å². The molecule has 0 saturated heterocycles. The van der Waals surface area contributed by atoms with Gasteiger partial charge in [0.2, 0.25) is 10.0 Å². The van der Waals surface area contributed by atoms with Crippen molar-refractivity contribution in [1.82, 2.24) is 14.9 Å². The first-order chi connectivity index (χ1) is 8.99. The van der Waals surface area contributed by atoms with Gasteiger partial charge in [-0.2, -0.15) is 0 Å². The van der Waals surface area contributed by atoms with Crippen LogP contribution in [0.25, 0.3) is 0 Å². The highest BCUT2D eigenvalue weighted by molar-refractivity contribution is 7.91. The summed E-state index contributed by atoms with van der Waals surface area (Å²) < 4.78 is 27.1. The number of rotatable bonds is 9. The zero-order valence-electron chi connectivity index (χ0n) is 11.8. The van der Waals surface area contributed by atoms with Crippen molar-refractivity contribution in [3.63, 3.8) is 0 Å². The molecule has 0 aromatic carbocycles. The number of sulfonamides is 1. The molecule has 2 N–H and O–H groups in total. The molecule has 1 rings (SSSR count). The van der Waals surface area contributed by atoms with Gasteiger partial charge in [-0.3, -0.25) is 0 Å². The van der Waals surface area contributed by atoms with Crippen LogP contribution in [0, 0.1) is 0 Å². The average molecular weight is 305 g/mol. The van der Waals surface area contributed by atoms with E-state index >= 15 is 0 Å². The summed E-state index contributed by atoms with van der Waals surface area (Å²) >= 11 is 1.27. The maximum atomic E-state index is 12.0. The van der Waals surface area contributed by atoms with Crippen LogP contribution in [0.1, 0.15) is 19.4 Å². The molecule has 0 bridgehead atoms. The van der Waals surface area contributed by atoms with Crippen molar-refractivity contribution in [2.24, 2.45) is 0 Å². The lowest BCUT2D eigenvalue weighted by molar-refractivity contribution is 0.358. The zero-order valence-corrected chi connectivity index (χ0v) is 13.4. The van der Waals surface area contributed by atoms with Crippen LogP contribution < -0.4 is 10.0 Å². The molecular formula is C12H23N3O2S2. The first-order valence-electron chi connectivity index (χ1n) is 6.46. The normalized spacial score (nSPS) is 12.2. The van der Waals surface area contributed by atoms with Gasteiger partial charge in [-0.1, -0.05) is 13.8 Å². The van der Waals surface area contributed by atoms with Crippen LogP contribution in [0.15, 0.2) is 15.7 Å². The molecule has 1 aromatic heterocycles. The molecule has 0 spiro atoms. The van der Waals surface area contributed by atoms with Crippen molar-refractivity contribution in [1.29, 1.82) is 0 Å². The van der Waals surface area contributed by atoms with Gasteiger partial charge in [-0.05, 0) is 37.1 Å².